The number of anilines is 1. The average molecular weight is 309 g/mol. The molecule has 0 spiro atoms. The van der Waals surface area contributed by atoms with Crippen LogP contribution in [0.5, 0.6) is 0 Å². The molecule has 0 bridgehead atoms. The van der Waals surface area contributed by atoms with Crippen LogP contribution in [-0.4, -0.2) is 33.6 Å². The Labute approximate surface area is 112 Å². The van der Waals surface area contributed by atoms with Crippen molar-refractivity contribution < 1.29 is 21.2 Å². The summed E-state index contributed by atoms with van der Waals surface area (Å²) in [4.78, 5) is -0.369. The summed E-state index contributed by atoms with van der Waals surface area (Å²) in [5.74, 6) is -1.86. The zero-order valence-electron chi connectivity index (χ0n) is 10.6. The third-order valence-corrected chi connectivity index (χ3v) is 6.90. The van der Waals surface area contributed by atoms with Crippen LogP contribution in [0, 0.1) is 5.82 Å². The molecule has 19 heavy (non-hydrogen) atoms. The number of halogens is 1. The van der Waals surface area contributed by atoms with E-state index in [0.29, 0.717) is 0 Å². The van der Waals surface area contributed by atoms with E-state index in [2.05, 4.69) is 0 Å². The minimum absolute atomic E-state index is 0.0941. The monoisotopic (exact) mass is 309 g/mol. The van der Waals surface area contributed by atoms with Crippen molar-refractivity contribution in [2.45, 2.75) is 24.0 Å². The highest BCUT2D eigenvalue weighted by atomic mass is 32.2. The van der Waals surface area contributed by atoms with Crippen molar-refractivity contribution in [2.75, 3.05) is 17.2 Å². The average Bonchev–Trinajstić information content (AvgIpc) is 2.30. The van der Waals surface area contributed by atoms with Gasteiger partial charge in [-0.1, -0.05) is 0 Å². The van der Waals surface area contributed by atoms with Gasteiger partial charge in [0.25, 0.3) is 0 Å². The largest absolute Gasteiger partial charge is 0.398 e. The molecule has 0 atom stereocenters. The maximum absolute atomic E-state index is 13.0. The van der Waals surface area contributed by atoms with Crippen LogP contribution in [0.3, 0.4) is 0 Å². The van der Waals surface area contributed by atoms with E-state index < -0.39 is 42.2 Å². The number of nitrogen functional groups attached to an aromatic ring is 1. The van der Waals surface area contributed by atoms with Crippen molar-refractivity contribution in [1.29, 1.82) is 0 Å². The van der Waals surface area contributed by atoms with Crippen LogP contribution in [0.25, 0.3) is 0 Å². The first-order chi connectivity index (χ1) is 8.56. The van der Waals surface area contributed by atoms with E-state index in [1.165, 1.54) is 13.8 Å². The van der Waals surface area contributed by atoms with Gasteiger partial charge < -0.3 is 5.73 Å². The highest BCUT2D eigenvalue weighted by molar-refractivity contribution is 7.95. The van der Waals surface area contributed by atoms with Crippen LogP contribution < -0.4 is 5.73 Å². The van der Waals surface area contributed by atoms with Gasteiger partial charge in [-0.05, 0) is 32.0 Å². The summed E-state index contributed by atoms with van der Waals surface area (Å²) in [5, 5.41) is -0.660. The van der Waals surface area contributed by atoms with E-state index in [1.54, 1.807) is 0 Å². The van der Waals surface area contributed by atoms with Crippen LogP contribution in [0.2, 0.25) is 0 Å². The minimum atomic E-state index is -3.92. The normalized spacial score (nSPS) is 12.8. The Kier molecular flexibility index (Phi) is 4.57. The summed E-state index contributed by atoms with van der Waals surface area (Å²) in [5.41, 5.74) is 5.39. The van der Waals surface area contributed by atoms with E-state index in [1.807, 2.05) is 0 Å². The van der Waals surface area contributed by atoms with Gasteiger partial charge in [-0.25, -0.2) is 21.2 Å². The quantitative estimate of drug-likeness (QED) is 0.819. The maximum Gasteiger partial charge on any atom is 0.181 e. The summed E-state index contributed by atoms with van der Waals surface area (Å²) >= 11 is 0. The van der Waals surface area contributed by atoms with Crippen molar-refractivity contribution >= 4 is 25.4 Å². The molecule has 0 heterocycles. The Morgan fingerprint density at radius 3 is 2.26 bits per heavy atom. The zero-order valence-corrected chi connectivity index (χ0v) is 12.3. The summed E-state index contributed by atoms with van der Waals surface area (Å²) in [6, 6.07) is 2.98. The number of rotatable bonds is 5. The number of nitrogens with two attached hydrogens (primary N) is 1. The van der Waals surface area contributed by atoms with Gasteiger partial charge in [-0.2, -0.15) is 0 Å². The molecule has 0 aliphatic heterocycles. The highest BCUT2D eigenvalue weighted by Crippen LogP contribution is 2.21. The zero-order chi connectivity index (χ0) is 14.8. The number of hydrogen-bond acceptors (Lipinski definition) is 5. The summed E-state index contributed by atoms with van der Waals surface area (Å²) in [6.07, 6.45) is 0. The van der Waals surface area contributed by atoms with Gasteiger partial charge in [0.05, 0.1) is 27.3 Å². The molecule has 8 heteroatoms. The summed E-state index contributed by atoms with van der Waals surface area (Å²) in [7, 11) is -7.40. The van der Waals surface area contributed by atoms with Crippen LogP contribution in [0.15, 0.2) is 23.1 Å². The molecule has 1 aromatic rings. The standard InChI is InChI=1S/C11H16FNO4S2/c1-8(2)18(14,15)5-6-19(16,17)11-7-9(12)3-4-10(11)13/h3-4,7-8H,5-6,13H2,1-2H3. The molecule has 0 unspecified atom stereocenters. The Bertz CT molecular complexity index is 666. The molecule has 108 valence electrons. The highest BCUT2D eigenvalue weighted by Gasteiger charge is 2.24. The molecule has 0 radical (unpaired) electrons. The van der Waals surface area contributed by atoms with E-state index in [-0.39, 0.29) is 10.6 Å². The molecule has 0 aromatic heterocycles. The predicted molar refractivity (Wildman–Crippen MR) is 71.8 cm³/mol. The van der Waals surface area contributed by atoms with Gasteiger partial charge in [-0.3, -0.25) is 0 Å². The van der Waals surface area contributed by atoms with Crippen LogP contribution >= 0.6 is 0 Å². The molecule has 0 saturated carbocycles. The molecular weight excluding hydrogens is 293 g/mol. The van der Waals surface area contributed by atoms with Gasteiger partial charge in [0.15, 0.2) is 19.7 Å². The lowest BCUT2D eigenvalue weighted by molar-refractivity contribution is 0.581. The molecule has 0 saturated heterocycles. The predicted octanol–water partition coefficient (Wildman–Crippen LogP) is 1.00. The van der Waals surface area contributed by atoms with Crippen LogP contribution in [-0.2, 0) is 19.7 Å². The van der Waals surface area contributed by atoms with Crippen molar-refractivity contribution in [3.05, 3.63) is 24.0 Å². The molecule has 1 aromatic carbocycles. The summed E-state index contributed by atoms with van der Waals surface area (Å²) < 4.78 is 60.1. The molecular formula is C11H16FNO4S2. The second-order valence-corrected chi connectivity index (χ2v) is 9.17. The smallest absolute Gasteiger partial charge is 0.181 e. The first-order valence-corrected chi connectivity index (χ1v) is 8.92. The lowest BCUT2D eigenvalue weighted by Crippen LogP contribution is -2.24. The number of hydrogen-bond donors (Lipinski definition) is 1. The van der Waals surface area contributed by atoms with Gasteiger partial charge in [0, 0.05) is 0 Å². The first kappa shape index (κ1) is 15.9. The van der Waals surface area contributed by atoms with E-state index in [0.717, 1.165) is 18.2 Å². The van der Waals surface area contributed by atoms with Crippen molar-refractivity contribution in [3.63, 3.8) is 0 Å². The molecule has 0 fully saturated rings. The Balaban J connectivity index is 3.04. The Morgan fingerprint density at radius 1 is 1.16 bits per heavy atom. The first-order valence-electron chi connectivity index (χ1n) is 5.55. The number of sulfone groups is 2. The molecule has 5 nitrogen and oxygen atoms in total. The van der Waals surface area contributed by atoms with Crippen molar-refractivity contribution in [1.82, 2.24) is 0 Å². The molecule has 0 aliphatic carbocycles. The maximum atomic E-state index is 13.0. The third kappa shape index (κ3) is 3.90. The van der Waals surface area contributed by atoms with Gasteiger partial charge in [0.1, 0.15) is 5.82 Å². The SMILES string of the molecule is CC(C)S(=O)(=O)CCS(=O)(=O)c1cc(F)ccc1N. The number of benzene rings is 1. The topological polar surface area (TPSA) is 94.3 Å². The molecule has 0 amide bonds. The molecule has 0 aliphatic rings. The van der Waals surface area contributed by atoms with Gasteiger partial charge in [-0.15, -0.1) is 0 Å². The van der Waals surface area contributed by atoms with E-state index in [4.69, 9.17) is 5.73 Å². The third-order valence-electron chi connectivity index (χ3n) is 2.67. The van der Waals surface area contributed by atoms with Crippen LogP contribution in [0.1, 0.15) is 13.8 Å². The Morgan fingerprint density at radius 2 is 1.74 bits per heavy atom. The molecule has 2 N–H and O–H groups in total. The fraction of sp³-hybridized carbons (Fsp3) is 0.455. The minimum Gasteiger partial charge on any atom is -0.398 e. The molecule has 1 rings (SSSR count). The Hall–Kier alpha value is -1.15. The van der Waals surface area contributed by atoms with Crippen LogP contribution in [0.4, 0.5) is 10.1 Å². The summed E-state index contributed by atoms with van der Waals surface area (Å²) in [6.45, 7) is 2.94. The fourth-order valence-corrected chi connectivity index (χ4v) is 4.57. The fourth-order valence-electron chi connectivity index (χ4n) is 1.35. The van der Waals surface area contributed by atoms with Crippen molar-refractivity contribution in [3.8, 4) is 0 Å². The lowest BCUT2D eigenvalue weighted by Gasteiger charge is -2.10. The van der Waals surface area contributed by atoms with E-state index in [9.17, 15) is 21.2 Å². The lowest BCUT2D eigenvalue weighted by atomic mass is 10.3. The van der Waals surface area contributed by atoms with Gasteiger partial charge >= 0.3 is 0 Å². The second-order valence-electron chi connectivity index (χ2n) is 4.42. The second kappa shape index (κ2) is 5.46. The van der Waals surface area contributed by atoms with Gasteiger partial charge in [0.2, 0.25) is 0 Å². The van der Waals surface area contributed by atoms with E-state index >= 15 is 0 Å². The van der Waals surface area contributed by atoms with Crippen molar-refractivity contribution in [2.24, 2.45) is 0 Å².